The van der Waals surface area contributed by atoms with Crippen LogP contribution in [0, 0.1) is 23.5 Å². The molecular formula is C27H33F2N3O2. The first kappa shape index (κ1) is 24.3. The zero-order chi connectivity index (χ0) is 24.1. The fourth-order valence-electron chi connectivity index (χ4n) is 5.11. The van der Waals surface area contributed by atoms with Gasteiger partial charge in [-0.3, -0.25) is 9.59 Å². The number of rotatable bonds is 8. The van der Waals surface area contributed by atoms with Gasteiger partial charge in [-0.1, -0.05) is 30.3 Å². The minimum atomic E-state index is -0.757. The van der Waals surface area contributed by atoms with E-state index in [1.54, 1.807) is 7.05 Å². The Morgan fingerprint density at radius 2 is 1.82 bits per heavy atom. The molecule has 34 heavy (non-hydrogen) atoms. The smallest absolute Gasteiger partial charge is 0.232 e. The van der Waals surface area contributed by atoms with E-state index < -0.39 is 17.6 Å². The number of hydrogen-bond acceptors (Lipinski definition) is 3. The molecule has 2 saturated heterocycles. The van der Waals surface area contributed by atoms with Gasteiger partial charge in [0.1, 0.15) is 11.6 Å². The summed E-state index contributed by atoms with van der Waals surface area (Å²) in [7, 11) is 1.67. The van der Waals surface area contributed by atoms with E-state index in [9.17, 15) is 18.4 Å². The number of amides is 2. The monoisotopic (exact) mass is 469 g/mol. The van der Waals surface area contributed by atoms with Crippen molar-refractivity contribution >= 4 is 17.5 Å². The van der Waals surface area contributed by atoms with Crippen LogP contribution in [0.15, 0.2) is 48.5 Å². The third-order valence-electron chi connectivity index (χ3n) is 7.09. The number of benzene rings is 2. The first-order valence-electron chi connectivity index (χ1n) is 12.2. The van der Waals surface area contributed by atoms with Crippen molar-refractivity contribution in [1.82, 2.24) is 9.80 Å². The normalized spacial score (nSPS) is 19.6. The van der Waals surface area contributed by atoms with E-state index in [2.05, 4.69) is 29.2 Å². The number of nitrogens with zero attached hydrogens (tertiary/aromatic N) is 3. The lowest BCUT2D eigenvalue weighted by Gasteiger charge is -2.33. The fraction of sp³-hybridized carbons (Fsp3) is 0.481. The molecule has 2 aromatic carbocycles. The van der Waals surface area contributed by atoms with Crippen molar-refractivity contribution in [3.63, 3.8) is 0 Å². The summed E-state index contributed by atoms with van der Waals surface area (Å²) in [5.74, 6) is -1.62. The highest BCUT2D eigenvalue weighted by atomic mass is 19.1. The van der Waals surface area contributed by atoms with Crippen LogP contribution in [-0.4, -0.2) is 61.4 Å². The van der Waals surface area contributed by atoms with E-state index in [4.69, 9.17) is 0 Å². The topological polar surface area (TPSA) is 43.9 Å². The second-order valence-electron chi connectivity index (χ2n) is 9.59. The lowest BCUT2D eigenvalue weighted by Crippen LogP contribution is -2.41. The second-order valence-corrected chi connectivity index (χ2v) is 9.59. The number of halogens is 2. The first-order chi connectivity index (χ1) is 16.4. The van der Waals surface area contributed by atoms with E-state index in [-0.39, 0.29) is 23.9 Å². The van der Waals surface area contributed by atoms with Crippen molar-refractivity contribution in [2.24, 2.45) is 11.8 Å². The summed E-state index contributed by atoms with van der Waals surface area (Å²) in [6.45, 7) is 3.50. The largest absolute Gasteiger partial charge is 0.345 e. The Morgan fingerprint density at radius 3 is 2.47 bits per heavy atom. The minimum absolute atomic E-state index is 0.0787. The molecule has 0 saturated carbocycles. The third kappa shape index (κ3) is 6.00. The zero-order valence-electron chi connectivity index (χ0n) is 19.8. The van der Waals surface area contributed by atoms with Crippen LogP contribution in [0.25, 0.3) is 0 Å². The van der Waals surface area contributed by atoms with Crippen molar-refractivity contribution in [3.05, 3.63) is 65.7 Å². The van der Waals surface area contributed by atoms with E-state index in [1.807, 2.05) is 6.07 Å². The Morgan fingerprint density at radius 1 is 1.09 bits per heavy atom. The average Bonchev–Trinajstić information content (AvgIpc) is 3.17. The quantitative estimate of drug-likeness (QED) is 0.584. The minimum Gasteiger partial charge on any atom is -0.345 e. The number of hydrogen-bond donors (Lipinski definition) is 0. The van der Waals surface area contributed by atoms with E-state index in [0.717, 1.165) is 45.0 Å². The molecule has 0 aliphatic carbocycles. The standard InChI is InChI=1S/C27H33F2N3O2/c1-30-19-22(17-26(30)33)27(34)32(25-9-8-23(28)18-24(25)29)13-5-12-31-14-10-21(11-15-31)16-20-6-3-2-4-7-20/h2-4,6-9,18,21-22H,5,10-17,19H2,1H3. The number of carbonyl (C=O) groups is 2. The van der Waals surface area contributed by atoms with Crippen molar-refractivity contribution in [2.45, 2.75) is 32.1 Å². The van der Waals surface area contributed by atoms with Gasteiger partial charge in [-0.25, -0.2) is 8.78 Å². The van der Waals surface area contributed by atoms with Crippen molar-refractivity contribution in [2.75, 3.05) is 44.7 Å². The predicted octanol–water partition coefficient (Wildman–Crippen LogP) is 4.12. The summed E-state index contributed by atoms with van der Waals surface area (Å²) in [6, 6.07) is 13.9. The van der Waals surface area contributed by atoms with Crippen LogP contribution in [-0.2, 0) is 16.0 Å². The highest BCUT2D eigenvalue weighted by Crippen LogP contribution is 2.27. The molecule has 2 aromatic rings. The number of anilines is 1. The summed E-state index contributed by atoms with van der Waals surface area (Å²) >= 11 is 0. The number of carbonyl (C=O) groups excluding carboxylic acids is 2. The van der Waals surface area contributed by atoms with Gasteiger partial charge < -0.3 is 14.7 Å². The van der Waals surface area contributed by atoms with Crippen molar-refractivity contribution in [1.29, 1.82) is 0 Å². The van der Waals surface area contributed by atoms with Crippen LogP contribution in [0.4, 0.5) is 14.5 Å². The summed E-state index contributed by atoms with van der Waals surface area (Å²) in [6.07, 6.45) is 4.20. The molecule has 182 valence electrons. The molecular weight excluding hydrogens is 436 g/mol. The molecule has 1 unspecified atom stereocenters. The average molecular weight is 470 g/mol. The maximum absolute atomic E-state index is 14.6. The van der Waals surface area contributed by atoms with Crippen molar-refractivity contribution in [3.8, 4) is 0 Å². The van der Waals surface area contributed by atoms with E-state index >= 15 is 0 Å². The molecule has 0 aromatic heterocycles. The highest BCUT2D eigenvalue weighted by Gasteiger charge is 2.36. The number of piperidine rings is 1. The van der Waals surface area contributed by atoms with Crippen LogP contribution in [0.5, 0.6) is 0 Å². The molecule has 1 atom stereocenters. The molecule has 2 aliphatic heterocycles. The molecule has 0 spiro atoms. The van der Waals surface area contributed by atoms with Gasteiger partial charge in [-0.2, -0.15) is 0 Å². The Kier molecular flexibility index (Phi) is 7.93. The van der Waals surface area contributed by atoms with E-state index in [1.165, 1.54) is 27.5 Å². The Hall–Kier alpha value is -2.80. The third-order valence-corrected chi connectivity index (χ3v) is 7.09. The molecule has 2 amide bonds. The van der Waals surface area contributed by atoms with Gasteiger partial charge in [-0.05, 0) is 68.9 Å². The molecule has 0 N–H and O–H groups in total. The van der Waals surface area contributed by atoms with Gasteiger partial charge in [0.25, 0.3) is 0 Å². The van der Waals surface area contributed by atoms with Crippen molar-refractivity contribution < 1.29 is 18.4 Å². The van der Waals surface area contributed by atoms with Gasteiger partial charge in [-0.15, -0.1) is 0 Å². The van der Waals surface area contributed by atoms with Crippen LogP contribution in [0.3, 0.4) is 0 Å². The number of likely N-dealkylation sites (tertiary alicyclic amines) is 2. The lowest BCUT2D eigenvalue weighted by atomic mass is 9.90. The van der Waals surface area contributed by atoms with Gasteiger partial charge in [0.2, 0.25) is 11.8 Å². The SMILES string of the molecule is CN1CC(C(=O)N(CCCN2CCC(Cc3ccccc3)CC2)c2ccc(F)cc2F)CC1=O. The Balaban J connectivity index is 1.33. The van der Waals surface area contributed by atoms with Gasteiger partial charge >= 0.3 is 0 Å². The maximum Gasteiger partial charge on any atom is 0.232 e. The molecule has 4 rings (SSSR count). The van der Waals surface area contributed by atoms with Crippen LogP contribution in [0.2, 0.25) is 0 Å². The fourth-order valence-corrected chi connectivity index (χ4v) is 5.11. The molecule has 2 fully saturated rings. The zero-order valence-corrected chi connectivity index (χ0v) is 19.8. The van der Waals surface area contributed by atoms with Crippen LogP contribution < -0.4 is 4.90 Å². The van der Waals surface area contributed by atoms with Gasteiger partial charge in [0, 0.05) is 32.6 Å². The molecule has 2 heterocycles. The van der Waals surface area contributed by atoms with Crippen LogP contribution in [0.1, 0.15) is 31.2 Å². The van der Waals surface area contributed by atoms with Gasteiger partial charge in [0.15, 0.2) is 0 Å². The van der Waals surface area contributed by atoms with E-state index in [0.29, 0.717) is 25.4 Å². The Labute approximate surface area is 200 Å². The lowest BCUT2D eigenvalue weighted by molar-refractivity contribution is -0.127. The second kappa shape index (κ2) is 11.1. The first-order valence-corrected chi connectivity index (χ1v) is 12.2. The summed E-state index contributed by atoms with van der Waals surface area (Å²) in [5.41, 5.74) is 1.46. The van der Waals surface area contributed by atoms with Gasteiger partial charge in [0.05, 0.1) is 11.6 Å². The molecule has 7 heteroatoms. The van der Waals surface area contributed by atoms with Crippen LogP contribution >= 0.6 is 0 Å². The molecule has 5 nitrogen and oxygen atoms in total. The predicted molar refractivity (Wildman–Crippen MR) is 128 cm³/mol. The molecule has 2 aliphatic rings. The molecule has 0 bridgehead atoms. The highest BCUT2D eigenvalue weighted by molar-refractivity contribution is 5.99. The Bertz CT molecular complexity index is 993. The molecule has 0 radical (unpaired) electrons. The summed E-state index contributed by atoms with van der Waals surface area (Å²) in [4.78, 5) is 30.5. The maximum atomic E-state index is 14.6. The summed E-state index contributed by atoms with van der Waals surface area (Å²) < 4.78 is 28.1. The summed E-state index contributed by atoms with van der Waals surface area (Å²) in [5, 5.41) is 0.